The molecular weight excluding hydrogens is 206 g/mol. The molecule has 17 heavy (non-hydrogen) atoms. The zero-order valence-electron chi connectivity index (χ0n) is 11.5. The smallest absolute Gasteiger partial charge is 0.0296 e. The first kappa shape index (κ1) is 12.6. The molecule has 94 valence electrons. The lowest BCUT2D eigenvalue weighted by Gasteiger charge is -2.40. The molecule has 0 amide bonds. The Hall–Kier alpha value is -0.820. The zero-order valence-corrected chi connectivity index (χ0v) is 11.5. The van der Waals surface area contributed by atoms with Gasteiger partial charge < -0.3 is 5.32 Å². The van der Waals surface area contributed by atoms with E-state index in [2.05, 4.69) is 57.3 Å². The van der Waals surface area contributed by atoms with Crippen LogP contribution < -0.4 is 5.32 Å². The van der Waals surface area contributed by atoms with Gasteiger partial charge in [0.25, 0.3) is 0 Å². The lowest BCUT2D eigenvalue weighted by Crippen LogP contribution is -2.44. The number of hydrogen-bond acceptors (Lipinski definition) is 1. The predicted molar refractivity (Wildman–Crippen MR) is 74.1 cm³/mol. The molecule has 0 saturated heterocycles. The highest BCUT2D eigenvalue weighted by atomic mass is 15.0. The molecule has 0 bridgehead atoms. The maximum absolute atomic E-state index is 3.76. The van der Waals surface area contributed by atoms with Gasteiger partial charge in [0.15, 0.2) is 0 Å². The quantitative estimate of drug-likeness (QED) is 0.823. The molecule has 0 heterocycles. The van der Waals surface area contributed by atoms with Gasteiger partial charge in [-0.25, -0.2) is 0 Å². The normalized spacial score (nSPS) is 25.7. The molecule has 0 radical (unpaired) electrons. The summed E-state index contributed by atoms with van der Waals surface area (Å²) in [4.78, 5) is 0. The molecule has 1 N–H and O–H groups in total. The fourth-order valence-corrected chi connectivity index (χ4v) is 2.86. The van der Waals surface area contributed by atoms with Crippen molar-refractivity contribution in [3.63, 3.8) is 0 Å². The van der Waals surface area contributed by atoms with Crippen LogP contribution in [0.3, 0.4) is 0 Å². The van der Waals surface area contributed by atoms with Gasteiger partial charge in [-0.3, -0.25) is 0 Å². The van der Waals surface area contributed by atoms with E-state index in [0.29, 0.717) is 6.04 Å². The molecule has 1 heteroatoms. The highest BCUT2D eigenvalue weighted by Gasteiger charge is 2.31. The van der Waals surface area contributed by atoms with E-state index in [4.69, 9.17) is 0 Å². The second-order valence-electron chi connectivity index (χ2n) is 5.92. The lowest BCUT2D eigenvalue weighted by atomic mass is 9.73. The molecule has 0 unspecified atom stereocenters. The Bertz CT molecular complexity index is 364. The topological polar surface area (TPSA) is 12.0 Å². The average molecular weight is 231 g/mol. The molecule has 1 saturated carbocycles. The van der Waals surface area contributed by atoms with E-state index >= 15 is 0 Å². The lowest BCUT2D eigenvalue weighted by molar-refractivity contribution is 0.159. The molecule has 1 atom stereocenters. The molecule has 1 aliphatic carbocycles. The summed E-state index contributed by atoms with van der Waals surface area (Å²) in [6, 6.07) is 9.91. The van der Waals surface area contributed by atoms with Crippen molar-refractivity contribution in [2.45, 2.75) is 52.6 Å². The number of hydrogen-bond donors (Lipinski definition) is 1. The van der Waals surface area contributed by atoms with Gasteiger partial charge in [0.2, 0.25) is 0 Å². The van der Waals surface area contributed by atoms with E-state index in [-0.39, 0.29) is 0 Å². The molecule has 1 fully saturated rings. The van der Waals surface area contributed by atoms with E-state index < -0.39 is 0 Å². The maximum atomic E-state index is 3.76. The molecule has 1 aromatic carbocycles. The minimum absolute atomic E-state index is 0.481. The van der Waals surface area contributed by atoms with Crippen LogP contribution in [0.4, 0.5) is 0 Å². The second-order valence-corrected chi connectivity index (χ2v) is 5.92. The van der Waals surface area contributed by atoms with Crippen LogP contribution in [-0.2, 0) is 0 Å². The Morgan fingerprint density at radius 3 is 2.35 bits per heavy atom. The molecule has 0 aromatic heterocycles. The fraction of sp³-hybridized carbons (Fsp3) is 0.625. The number of aryl methyl sites for hydroxylation is 1. The molecule has 1 nitrogen and oxygen atoms in total. The van der Waals surface area contributed by atoms with Gasteiger partial charge in [-0.05, 0) is 49.7 Å². The molecule has 0 spiro atoms. The van der Waals surface area contributed by atoms with Crippen LogP contribution in [-0.4, -0.2) is 6.04 Å². The second kappa shape index (κ2) is 5.22. The van der Waals surface area contributed by atoms with Crippen molar-refractivity contribution >= 4 is 0 Å². The minimum atomic E-state index is 0.481. The number of rotatable bonds is 4. The Kier molecular flexibility index (Phi) is 3.88. The van der Waals surface area contributed by atoms with E-state index in [1.165, 1.54) is 24.0 Å². The van der Waals surface area contributed by atoms with Crippen LogP contribution in [0.5, 0.6) is 0 Å². The first-order valence-corrected chi connectivity index (χ1v) is 6.89. The maximum Gasteiger partial charge on any atom is 0.0296 e. The first-order chi connectivity index (χ1) is 8.08. The summed E-state index contributed by atoms with van der Waals surface area (Å²) in [5.41, 5.74) is 2.84. The standard InChI is InChI=1S/C16H25N/c1-11(2)14-9-15(10-14)17-13(4)16-8-6-5-7-12(16)3/h5-8,11,13-15,17H,9-10H2,1-4H3/t13-,14?,15?/m1/s1. The van der Waals surface area contributed by atoms with Crippen LogP contribution in [0.25, 0.3) is 0 Å². The highest BCUT2D eigenvalue weighted by Crippen LogP contribution is 2.35. The summed E-state index contributed by atoms with van der Waals surface area (Å²) in [5.74, 6) is 1.79. The highest BCUT2D eigenvalue weighted by molar-refractivity contribution is 5.28. The number of benzene rings is 1. The summed E-state index contributed by atoms with van der Waals surface area (Å²) >= 11 is 0. The van der Waals surface area contributed by atoms with Gasteiger partial charge in [0.1, 0.15) is 0 Å². The van der Waals surface area contributed by atoms with Crippen molar-refractivity contribution in [3.8, 4) is 0 Å². The van der Waals surface area contributed by atoms with Gasteiger partial charge in [0, 0.05) is 12.1 Å². The summed E-state index contributed by atoms with van der Waals surface area (Å²) in [7, 11) is 0. The van der Waals surface area contributed by atoms with Crippen molar-refractivity contribution < 1.29 is 0 Å². The van der Waals surface area contributed by atoms with Gasteiger partial charge >= 0.3 is 0 Å². The van der Waals surface area contributed by atoms with Gasteiger partial charge in [0.05, 0.1) is 0 Å². The molecule has 2 rings (SSSR count). The van der Waals surface area contributed by atoms with Crippen LogP contribution in [0.2, 0.25) is 0 Å². The van der Waals surface area contributed by atoms with Gasteiger partial charge in [-0.2, -0.15) is 0 Å². The van der Waals surface area contributed by atoms with E-state index in [9.17, 15) is 0 Å². The summed E-state index contributed by atoms with van der Waals surface area (Å²) < 4.78 is 0. The van der Waals surface area contributed by atoms with E-state index in [1.807, 2.05) is 0 Å². The Morgan fingerprint density at radius 2 is 1.76 bits per heavy atom. The van der Waals surface area contributed by atoms with Crippen molar-refractivity contribution in [3.05, 3.63) is 35.4 Å². The number of nitrogens with one attached hydrogen (secondary N) is 1. The van der Waals surface area contributed by atoms with Crippen molar-refractivity contribution in [2.24, 2.45) is 11.8 Å². The molecule has 1 aromatic rings. The van der Waals surface area contributed by atoms with Crippen molar-refractivity contribution in [1.82, 2.24) is 5.32 Å². The summed E-state index contributed by atoms with van der Waals surface area (Å²) in [5, 5.41) is 3.76. The Labute approximate surface area is 106 Å². The van der Waals surface area contributed by atoms with Crippen molar-refractivity contribution in [2.75, 3.05) is 0 Å². The molecule has 0 aliphatic heterocycles. The third-order valence-corrected chi connectivity index (χ3v) is 4.26. The first-order valence-electron chi connectivity index (χ1n) is 6.89. The van der Waals surface area contributed by atoms with Crippen molar-refractivity contribution in [1.29, 1.82) is 0 Å². The fourth-order valence-electron chi connectivity index (χ4n) is 2.86. The largest absolute Gasteiger partial charge is 0.307 e. The van der Waals surface area contributed by atoms with Gasteiger partial charge in [-0.1, -0.05) is 38.1 Å². The van der Waals surface area contributed by atoms with Crippen LogP contribution in [0, 0.1) is 18.8 Å². The van der Waals surface area contributed by atoms with Crippen LogP contribution >= 0.6 is 0 Å². The summed E-state index contributed by atoms with van der Waals surface area (Å²) in [6.45, 7) is 9.16. The summed E-state index contributed by atoms with van der Waals surface area (Å²) in [6.07, 6.45) is 2.71. The third-order valence-electron chi connectivity index (χ3n) is 4.26. The average Bonchev–Trinajstić information content (AvgIpc) is 2.22. The Balaban J connectivity index is 1.87. The SMILES string of the molecule is Cc1ccccc1[C@@H](C)NC1CC(C(C)C)C1. The van der Waals surface area contributed by atoms with Crippen LogP contribution in [0.15, 0.2) is 24.3 Å². The zero-order chi connectivity index (χ0) is 12.4. The molecular formula is C16H25N. The Morgan fingerprint density at radius 1 is 1.12 bits per heavy atom. The minimum Gasteiger partial charge on any atom is -0.307 e. The monoisotopic (exact) mass is 231 g/mol. The van der Waals surface area contributed by atoms with Crippen LogP contribution in [0.1, 0.15) is 50.8 Å². The molecule has 1 aliphatic rings. The van der Waals surface area contributed by atoms with Gasteiger partial charge in [-0.15, -0.1) is 0 Å². The van der Waals surface area contributed by atoms with E-state index in [1.54, 1.807) is 0 Å². The van der Waals surface area contributed by atoms with E-state index in [0.717, 1.165) is 17.9 Å². The predicted octanol–water partition coefficient (Wildman–Crippen LogP) is 4.08. The third kappa shape index (κ3) is 2.90.